The van der Waals surface area contributed by atoms with Gasteiger partial charge in [-0.1, -0.05) is 13.8 Å². The normalized spacial score (nSPS) is 10.9. The third-order valence-corrected chi connectivity index (χ3v) is 2.61. The number of aromatic nitrogens is 4. The highest BCUT2D eigenvalue weighted by atomic mass is 15.1. The molecule has 0 fully saturated rings. The van der Waals surface area contributed by atoms with Crippen molar-refractivity contribution in [2.45, 2.75) is 19.8 Å². The lowest BCUT2D eigenvalue weighted by molar-refractivity contribution is 0.810. The predicted octanol–water partition coefficient (Wildman–Crippen LogP) is 2.04. The highest BCUT2D eigenvalue weighted by Gasteiger charge is 2.11. The van der Waals surface area contributed by atoms with E-state index in [2.05, 4.69) is 34.1 Å². The Morgan fingerprint density at radius 1 is 1.29 bits per heavy atom. The van der Waals surface area contributed by atoms with Crippen LogP contribution in [0.15, 0.2) is 18.5 Å². The second-order valence-corrected chi connectivity index (χ2v) is 4.27. The Hall–Kier alpha value is -1.91. The molecule has 0 bridgehead atoms. The van der Waals surface area contributed by atoms with E-state index in [9.17, 15) is 0 Å². The molecule has 0 unspecified atom stereocenters. The molecule has 0 aromatic carbocycles. The number of anilines is 1. The van der Waals surface area contributed by atoms with E-state index in [1.165, 1.54) is 0 Å². The van der Waals surface area contributed by atoms with Gasteiger partial charge in [0.05, 0.1) is 0 Å². The van der Waals surface area contributed by atoms with Gasteiger partial charge in [-0.25, -0.2) is 15.0 Å². The lowest BCUT2D eigenvalue weighted by Gasteiger charge is -2.09. The molecule has 2 aromatic heterocycles. The van der Waals surface area contributed by atoms with Gasteiger partial charge in [0.15, 0.2) is 11.6 Å². The molecule has 2 aromatic rings. The number of hydrogen-bond donors (Lipinski definition) is 1. The molecule has 0 aliphatic carbocycles. The van der Waals surface area contributed by atoms with Gasteiger partial charge in [0.25, 0.3) is 0 Å². The molecule has 2 rings (SSSR count). The molecule has 0 aliphatic heterocycles. The summed E-state index contributed by atoms with van der Waals surface area (Å²) in [6.07, 6.45) is 3.64. The maximum atomic E-state index is 4.55. The topological polar surface area (TPSA) is 55.6 Å². The first-order valence-electron chi connectivity index (χ1n) is 5.66. The van der Waals surface area contributed by atoms with E-state index in [4.69, 9.17) is 0 Å². The Bertz CT molecular complexity index is 515. The van der Waals surface area contributed by atoms with Crippen LogP contribution in [-0.2, 0) is 7.05 Å². The molecular formula is C12H17N5. The molecule has 0 radical (unpaired) electrons. The first-order chi connectivity index (χ1) is 8.11. The van der Waals surface area contributed by atoms with Crippen LogP contribution in [-0.4, -0.2) is 26.6 Å². The second kappa shape index (κ2) is 4.53. The van der Waals surface area contributed by atoms with Crippen molar-refractivity contribution in [3.8, 4) is 11.6 Å². The third kappa shape index (κ3) is 2.27. The van der Waals surface area contributed by atoms with Crippen molar-refractivity contribution in [3.05, 3.63) is 24.2 Å². The fraction of sp³-hybridized carbons (Fsp3) is 0.417. The Kier molecular flexibility index (Phi) is 3.08. The summed E-state index contributed by atoms with van der Waals surface area (Å²) in [5.74, 6) is 2.63. The standard InChI is InChI=1S/C12H17N5/c1-8(2)9-7-10(13-3)16-11(15-9)12-14-5-6-17(12)4/h5-8H,1-4H3,(H,13,15,16). The van der Waals surface area contributed by atoms with Crippen molar-refractivity contribution in [1.82, 2.24) is 19.5 Å². The summed E-state index contributed by atoms with van der Waals surface area (Å²) in [7, 11) is 3.79. The lowest BCUT2D eigenvalue weighted by atomic mass is 10.1. The zero-order valence-electron chi connectivity index (χ0n) is 10.6. The first kappa shape index (κ1) is 11.6. The largest absolute Gasteiger partial charge is 0.373 e. The summed E-state index contributed by atoms with van der Waals surface area (Å²) < 4.78 is 1.92. The second-order valence-electron chi connectivity index (χ2n) is 4.27. The monoisotopic (exact) mass is 231 g/mol. The molecule has 0 spiro atoms. The predicted molar refractivity (Wildman–Crippen MR) is 67.9 cm³/mol. The minimum Gasteiger partial charge on any atom is -0.373 e. The highest BCUT2D eigenvalue weighted by Crippen LogP contribution is 2.20. The summed E-state index contributed by atoms with van der Waals surface area (Å²) in [6.45, 7) is 4.23. The lowest BCUT2D eigenvalue weighted by Crippen LogP contribution is -2.04. The van der Waals surface area contributed by atoms with E-state index in [0.717, 1.165) is 17.3 Å². The van der Waals surface area contributed by atoms with Crippen molar-refractivity contribution in [1.29, 1.82) is 0 Å². The molecule has 2 heterocycles. The molecule has 90 valence electrons. The van der Waals surface area contributed by atoms with Gasteiger partial charge in [-0.2, -0.15) is 0 Å². The molecule has 0 saturated heterocycles. The highest BCUT2D eigenvalue weighted by molar-refractivity contribution is 5.50. The fourth-order valence-corrected chi connectivity index (χ4v) is 1.57. The van der Waals surface area contributed by atoms with Gasteiger partial charge < -0.3 is 9.88 Å². The van der Waals surface area contributed by atoms with Crippen LogP contribution in [0.3, 0.4) is 0 Å². The first-order valence-corrected chi connectivity index (χ1v) is 5.66. The average molecular weight is 231 g/mol. The van der Waals surface area contributed by atoms with Gasteiger partial charge in [-0.15, -0.1) is 0 Å². The van der Waals surface area contributed by atoms with Crippen LogP contribution < -0.4 is 5.32 Å². The molecule has 0 atom stereocenters. The van der Waals surface area contributed by atoms with Gasteiger partial charge in [-0.05, 0) is 5.92 Å². The molecule has 0 amide bonds. The van der Waals surface area contributed by atoms with Crippen LogP contribution in [0.5, 0.6) is 0 Å². The zero-order chi connectivity index (χ0) is 12.4. The van der Waals surface area contributed by atoms with Gasteiger partial charge in [-0.3, -0.25) is 0 Å². The van der Waals surface area contributed by atoms with Gasteiger partial charge in [0, 0.05) is 38.2 Å². The Balaban J connectivity index is 2.54. The zero-order valence-corrected chi connectivity index (χ0v) is 10.6. The minimum absolute atomic E-state index is 0.365. The molecule has 1 N–H and O–H groups in total. The number of imidazole rings is 1. The average Bonchev–Trinajstić information content (AvgIpc) is 2.74. The molecule has 17 heavy (non-hydrogen) atoms. The van der Waals surface area contributed by atoms with E-state index >= 15 is 0 Å². The molecule has 0 aliphatic rings. The maximum absolute atomic E-state index is 4.55. The summed E-state index contributed by atoms with van der Waals surface area (Å²) in [4.78, 5) is 13.3. The number of nitrogens with zero attached hydrogens (tertiary/aromatic N) is 4. The van der Waals surface area contributed by atoms with E-state index in [1.807, 2.05) is 30.9 Å². The maximum Gasteiger partial charge on any atom is 0.198 e. The summed E-state index contributed by atoms with van der Waals surface area (Å²) >= 11 is 0. The van der Waals surface area contributed by atoms with Crippen molar-refractivity contribution in [2.75, 3.05) is 12.4 Å². The van der Waals surface area contributed by atoms with Crippen molar-refractivity contribution >= 4 is 5.82 Å². The van der Waals surface area contributed by atoms with Gasteiger partial charge >= 0.3 is 0 Å². The van der Waals surface area contributed by atoms with Crippen LogP contribution >= 0.6 is 0 Å². The fourth-order valence-electron chi connectivity index (χ4n) is 1.57. The van der Waals surface area contributed by atoms with E-state index < -0.39 is 0 Å². The van der Waals surface area contributed by atoms with Crippen LogP contribution in [0, 0.1) is 0 Å². The van der Waals surface area contributed by atoms with E-state index in [0.29, 0.717) is 11.7 Å². The quantitative estimate of drug-likeness (QED) is 0.878. The van der Waals surface area contributed by atoms with Gasteiger partial charge in [0.1, 0.15) is 5.82 Å². The van der Waals surface area contributed by atoms with E-state index in [1.54, 1.807) is 6.20 Å². The van der Waals surface area contributed by atoms with Gasteiger partial charge in [0.2, 0.25) is 0 Å². The number of aryl methyl sites for hydroxylation is 1. The van der Waals surface area contributed by atoms with Crippen LogP contribution in [0.25, 0.3) is 11.6 Å². The van der Waals surface area contributed by atoms with Crippen LogP contribution in [0.1, 0.15) is 25.5 Å². The summed E-state index contributed by atoms with van der Waals surface area (Å²) in [5, 5.41) is 3.06. The molecule has 5 nitrogen and oxygen atoms in total. The number of rotatable bonds is 3. The molecule has 0 saturated carbocycles. The molecule has 5 heteroatoms. The summed E-state index contributed by atoms with van der Waals surface area (Å²) in [6, 6.07) is 1.97. The Morgan fingerprint density at radius 3 is 2.59 bits per heavy atom. The molecular weight excluding hydrogens is 214 g/mol. The van der Waals surface area contributed by atoms with Crippen LogP contribution in [0.2, 0.25) is 0 Å². The summed E-state index contributed by atoms with van der Waals surface area (Å²) in [5.41, 5.74) is 1.02. The Labute approximate surface area is 101 Å². The van der Waals surface area contributed by atoms with E-state index in [-0.39, 0.29) is 0 Å². The third-order valence-electron chi connectivity index (χ3n) is 2.61. The number of nitrogens with one attached hydrogen (secondary N) is 1. The Morgan fingerprint density at radius 2 is 2.06 bits per heavy atom. The van der Waals surface area contributed by atoms with Crippen LogP contribution in [0.4, 0.5) is 5.82 Å². The smallest absolute Gasteiger partial charge is 0.198 e. The van der Waals surface area contributed by atoms with Crippen molar-refractivity contribution < 1.29 is 0 Å². The number of hydrogen-bond acceptors (Lipinski definition) is 4. The van der Waals surface area contributed by atoms with Crippen molar-refractivity contribution in [3.63, 3.8) is 0 Å². The SMILES string of the molecule is CNc1cc(C(C)C)nc(-c2nccn2C)n1. The minimum atomic E-state index is 0.365. The van der Waals surface area contributed by atoms with Crippen molar-refractivity contribution in [2.24, 2.45) is 7.05 Å².